The topological polar surface area (TPSA) is 12.0 Å². The summed E-state index contributed by atoms with van der Waals surface area (Å²) >= 11 is 15.0. The van der Waals surface area contributed by atoms with Crippen LogP contribution in [0, 0.1) is 0 Å². The van der Waals surface area contributed by atoms with Gasteiger partial charge < -0.3 is 5.32 Å². The van der Waals surface area contributed by atoms with Crippen molar-refractivity contribution in [3.63, 3.8) is 0 Å². The normalized spacial score (nSPS) is 12.7. The zero-order valence-corrected chi connectivity index (χ0v) is 14.5. The predicted molar refractivity (Wildman–Crippen MR) is 86.7 cm³/mol. The van der Waals surface area contributed by atoms with Crippen molar-refractivity contribution in [1.82, 2.24) is 5.32 Å². The monoisotopic (exact) mass is 407 g/mol. The van der Waals surface area contributed by atoms with E-state index in [1.54, 1.807) is 11.3 Å². The number of halogens is 3. The van der Waals surface area contributed by atoms with Crippen molar-refractivity contribution in [2.75, 3.05) is 6.54 Å². The van der Waals surface area contributed by atoms with E-state index in [9.17, 15) is 0 Å². The molecule has 5 heteroatoms. The van der Waals surface area contributed by atoms with E-state index < -0.39 is 0 Å². The summed E-state index contributed by atoms with van der Waals surface area (Å²) in [7, 11) is 0. The van der Waals surface area contributed by atoms with E-state index in [2.05, 4.69) is 55.5 Å². The summed E-state index contributed by atoms with van der Waals surface area (Å²) in [6.45, 7) is 3.00. The van der Waals surface area contributed by atoms with Crippen molar-refractivity contribution in [2.45, 2.75) is 13.0 Å². The van der Waals surface area contributed by atoms with Crippen molar-refractivity contribution < 1.29 is 0 Å². The fraction of sp³-hybridized carbons (Fsp3) is 0.231. The molecular weight excluding hydrogens is 397 g/mol. The highest BCUT2D eigenvalue weighted by Gasteiger charge is 2.19. The summed E-state index contributed by atoms with van der Waals surface area (Å²) in [5, 5.41) is 6.34. The van der Waals surface area contributed by atoms with Crippen LogP contribution in [0.2, 0.25) is 5.02 Å². The van der Waals surface area contributed by atoms with Gasteiger partial charge in [0.05, 0.1) is 6.04 Å². The fourth-order valence-corrected chi connectivity index (χ4v) is 4.15. The van der Waals surface area contributed by atoms with Gasteiger partial charge in [0.25, 0.3) is 0 Å². The molecule has 0 saturated carbocycles. The standard InChI is InChI=1S/C13H12Br2ClNS/c1-2-17-12(13-11(15)5-6-18-13)9-7-8(16)3-4-10(9)14/h3-7,12,17H,2H2,1H3. The fourth-order valence-electron chi connectivity index (χ4n) is 1.80. The molecule has 0 radical (unpaired) electrons. The van der Waals surface area contributed by atoms with Gasteiger partial charge in [0.15, 0.2) is 0 Å². The quantitative estimate of drug-likeness (QED) is 0.690. The van der Waals surface area contributed by atoms with Crippen LogP contribution in [0.25, 0.3) is 0 Å². The number of nitrogens with one attached hydrogen (secondary N) is 1. The Morgan fingerprint density at radius 1 is 1.28 bits per heavy atom. The van der Waals surface area contributed by atoms with Gasteiger partial charge in [-0.3, -0.25) is 0 Å². The van der Waals surface area contributed by atoms with Gasteiger partial charge >= 0.3 is 0 Å². The minimum atomic E-state index is 0.150. The van der Waals surface area contributed by atoms with Gasteiger partial charge in [-0.2, -0.15) is 0 Å². The lowest BCUT2D eigenvalue weighted by Crippen LogP contribution is -2.21. The van der Waals surface area contributed by atoms with Crippen molar-refractivity contribution in [1.29, 1.82) is 0 Å². The summed E-state index contributed by atoms with van der Waals surface area (Å²) in [6, 6.07) is 8.11. The molecule has 0 saturated heterocycles. The number of hydrogen-bond donors (Lipinski definition) is 1. The molecule has 96 valence electrons. The number of thiophene rings is 1. The molecule has 1 aromatic heterocycles. The van der Waals surface area contributed by atoms with Crippen molar-refractivity contribution in [3.8, 4) is 0 Å². The van der Waals surface area contributed by atoms with Crippen LogP contribution in [-0.4, -0.2) is 6.54 Å². The molecule has 1 N–H and O–H groups in total. The summed E-state index contributed by atoms with van der Waals surface area (Å²) in [4.78, 5) is 1.26. The average molecular weight is 410 g/mol. The Bertz CT molecular complexity index is 542. The van der Waals surface area contributed by atoms with Crippen molar-refractivity contribution in [2.24, 2.45) is 0 Å². The van der Waals surface area contributed by atoms with Crippen LogP contribution < -0.4 is 5.32 Å². The first-order valence-electron chi connectivity index (χ1n) is 5.54. The van der Waals surface area contributed by atoms with Gasteiger partial charge in [0.1, 0.15) is 0 Å². The molecule has 0 aliphatic carbocycles. The van der Waals surface area contributed by atoms with E-state index in [1.165, 1.54) is 4.88 Å². The van der Waals surface area contributed by atoms with Crippen molar-refractivity contribution in [3.05, 3.63) is 54.1 Å². The third-order valence-electron chi connectivity index (χ3n) is 2.58. The van der Waals surface area contributed by atoms with Gasteiger partial charge in [0, 0.05) is 18.8 Å². The molecule has 1 nitrogen and oxygen atoms in total. The minimum Gasteiger partial charge on any atom is -0.306 e. The van der Waals surface area contributed by atoms with Crippen LogP contribution in [-0.2, 0) is 0 Å². The maximum atomic E-state index is 6.11. The molecule has 1 heterocycles. The van der Waals surface area contributed by atoms with E-state index in [0.29, 0.717) is 0 Å². The lowest BCUT2D eigenvalue weighted by Gasteiger charge is -2.19. The Hall–Kier alpha value is 0.130. The number of benzene rings is 1. The van der Waals surface area contributed by atoms with Gasteiger partial charge in [0.2, 0.25) is 0 Å². The summed E-state index contributed by atoms with van der Waals surface area (Å²) < 4.78 is 2.20. The number of rotatable bonds is 4. The first-order chi connectivity index (χ1) is 8.63. The largest absolute Gasteiger partial charge is 0.306 e. The molecule has 1 unspecified atom stereocenters. The van der Waals surface area contributed by atoms with E-state index >= 15 is 0 Å². The van der Waals surface area contributed by atoms with Crippen LogP contribution in [0.4, 0.5) is 0 Å². The van der Waals surface area contributed by atoms with E-state index in [0.717, 1.165) is 26.1 Å². The molecule has 2 aromatic rings. The highest BCUT2D eigenvalue weighted by molar-refractivity contribution is 9.10. The molecule has 0 aliphatic heterocycles. The molecule has 0 bridgehead atoms. The molecule has 0 aliphatic rings. The Labute approximate surface area is 133 Å². The lowest BCUT2D eigenvalue weighted by molar-refractivity contribution is 0.636. The number of hydrogen-bond acceptors (Lipinski definition) is 2. The van der Waals surface area contributed by atoms with E-state index in [-0.39, 0.29) is 6.04 Å². The van der Waals surface area contributed by atoms with Crippen LogP contribution in [0.15, 0.2) is 38.6 Å². The highest BCUT2D eigenvalue weighted by atomic mass is 79.9. The summed E-state index contributed by atoms with van der Waals surface area (Å²) in [5.41, 5.74) is 1.16. The Kier molecular flexibility index (Phi) is 5.27. The van der Waals surface area contributed by atoms with Crippen LogP contribution in [0.1, 0.15) is 23.4 Å². The second-order valence-corrected chi connectivity index (χ2v) is 6.88. The zero-order chi connectivity index (χ0) is 13.1. The second kappa shape index (κ2) is 6.53. The maximum absolute atomic E-state index is 6.11. The Balaban J connectivity index is 2.48. The minimum absolute atomic E-state index is 0.150. The lowest BCUT2D eigenvalue weighted by atomic mass is 10.1. The van der Waals surface area contributed by atoms with Crippen LogP contribution >= 0.6 is 54.8 Å². The molecule has 1 atom stereocenters. The van der Waals surface area contributed by atoms with Crippen LogP contribution in [0.3, 0.4) is 0 Å². The third-order valence-corrected chi connectivity index (χ3v) is 5.48. The Morgan fingerprint density at radius 3 is 2.67 bits per heavy atom. The molecular formula is C13H12Br2ClNS. The SMILES string of the molecule is CCNC(c1cc(Cl)ccc1Br)c1sccc1Br. The third kappa shape index (κ3) is 3.17. The molecule has 0 fully saturated rings. The summed E-state index contributed by atoms with van der Waals surface area (Å²) in [6.07, 6.45) is 0. The van der Waals surface area contributed by atoms with Crippen molar-refractivity contribution >= 4 is 54.8 Å². The smallest absolute Gasteiger partial charge is 0.0693 e. The van der Waals surface area contributed by atoms with Gasteiger partial charge in [-0.25, -0.2) is 0 Å². The first-order valence-corrected chi connectivity index (χ1v) is 8.39. The van der Waals surface area contributed by atoms with Gasteiger partial charge in [-0.1, -0.05) is 34.5 Å². The molecule has 0 spiro atoms. The molecule has 1 aromatic carbocycles. The predicted octanol–water partition coefficient (Wildman–Crippen LogP) is 5.63. The van der Waals surface area contributed by atoms with Crippen LogP contribution in [0.5, 0.6) is 0 Å². The molecule has 2 rings (SSSR count). The average Bonchev–Trinajstić information content (AvgIpc) is 2.76. The van der Waals surface area contributed by atoms with E-state index in [1.807, 2.05) is 18.2 Å². The molecule has 0 amide bonds. The maximum Gasteiger partial charge on any atom is 0.0693 e. The molecule has 18 heavy (non-hydrogen) atoms. The zero-order valence-electron chi connectivity index (χ0n) is 9.71. The summed E-state index contributed by atoms with van der Waals surface area (Å²) in [5.74, 6) is 0. The first kappa shape index (κ1) is 14.5. The van der Waals surface area contributed by atoms with Gasteiger partial charge in [-0.05, 0) is 57.7 Å². The Morgan fingerprint density at radius 2 is 2.06 bits per heavy atom. The second-order valence-electron chi connectivity index (χ2n) is 3.79. The van der Waals surface area contributed by atoms with Gasteiger partial charge in [-0.15, -0.1) is 11.3 Å². The highest BCUT2D eigenvalue weighted by Crippen LogP contribution is 2.37. The van der Waals surface area contributed by atoms with E-state index in [4.69, 9.17) is 11.6 Å².